The van der Waals surface area contributed by atoms with Gasteiger partial charge in [0.15, 0.2) is 5.13 Å². The molecule has 2 heterocycles. The topological polar surface area (TPSA) is 69.0 Å². The molecule has 6 nitrogen and oxygen atoms in total. The van der Waals surface area contributed by atoms with E-state index in [2.05, 4.69) is 15.4 Å². The van der Waals surface area contributed by atoms with Gasteiger partial charge in [0.1, 0.15) is 11.3 Å². The van der Waals surface area contributed by atoms with Crippen LogP contribution in [-0.4, -0.2) is 27.8 Å². The molecule has 4 rings (SSSR count). The van der Waals surface area contributed by atoms with Crippen LogP contribution in [-0.2, 0) is 0 Å². The Morgan fingerprint density at radius 1 is 1.11 bits per heavy atom. The number of aromatic nitrogens is 3. The summed E-state index contributed by atoms with van der Waals surface area (Å²) in [4.78, 5) is 17.4. The summed E-state index contributed by atoms with van der Waals surface area (Å²) in [5.41, 5.74) is 3.68. The molecule has 0 aliphatic heterocycles. The Morgan fingerprint density at radius 2 is 1.89 bits per heavy atom. The minimum absolute atomic E-state index is 0.217. The highest BCUT2D eigenvalue weighted by Crippen LogP contribution is 2.32. The van der Waals surface area contributed by atoms with Crippen molar-refractivity contribution in [1.29, 1.82) is 0 Å². The van der Waals surface area contributed by atoms with Crippen molar-refractivity contribution >= 4 is 32.6 Å². The van der Waals surface area contributed by atoms with Crippen LogP contribution in [0.4, 0.5) is 5.13 Å². The van der Waals surface area contributed by atoms with E-state index < -0.39 is 0 Å². The molecule has 136 valence electrons. The first-order chi connectivity index (χ1) is 13.1. The molecule has 2 aromatic carbocycles. The van der Waals surface area contributed by atoms with E-state index in [4.69, 9.17) is 4.74 Å². The van der Waals surface area contributed by atoms with E-state index >= 15 is 0 Å². The maximum absolute atomic E-state index is 12.9. The fourth-order valence-electron chi connectivity index (χ4n) is 3.09. The summed E-state index contributed by atoms with van der Waals surface area (Å²) >= 11 is 1.41. The van der Waals surface area contributed by atoms with Crippen molar-refractivity contribution in [3.05, 3.63) is 65.5 Å². The quantitative estimate of drug-likeness (QED) is 0.573. The highest BCUT2D eigenvalue weighted by molar-refractivity contribution is 7.22. The summed E-state index contributed by atoms with van der Waals surface area (Å²) in [7, 11) is 1.61. The van der Waals surface area contributed by atoms with E-state index in [9.17, 15) is 4.79 Å². The van der Waals surface area contributed by atoms with Gasteiger partial charge in [-0.15, -0.1) is 0 Å². The van der Waals surface area contributed by atoms with E-state index in [-0.39, 0.29) is 5.91 Å². The number of hydrogen-bond donors (Lipinski definition) is 1. The van der Waals surface area contributed by atoms with E-state index in [1.165, 1.54) is 11.3 Å². The van der Waals surface area contributed by atoms with E-state index in [0.29, 0.717) is 22.1 Å². The first-order valence-electron chi connectivity index (χ1n) is 8.45. The predicted molar refractivity (Wildman–Crippen MR) is 107 cm³/mol. The summed E-state index contributed by atoms with van der Waals surface area (Å²) in [5, 5.41) is 7.97. The van der Waals surface area contributed by atoms with Crippen LogP contribution >= 0.6 is 11.3 Å². The van der Waals surface area contributed by atoms with E-state index in [1.54, 1.807) is 11.8 Å². The van der Waals surface area contributed by atoms with Crippen LogP contribution in [0.2, 0.25) is 0 Å². The summed E-state index contributed by atoms with van der Waals surface area (Å²) in [6, 6.07) is 15.5. The van der Waals surface area contributed by atoms with Gasteiger partial charge in [0.2, 0.25) is 0 Å². The maximum atomic E-state index is 12.9. The highest BCUT2D eigenvalue weighted by atomic mass is 32.1. The first-order valence-corrected chi connectivity index (χ1v) is 9.26. The summed E-state index contributed by atoms with van der Waals surface area (Å²) < 4.78 is 8.08. The van der Waals surface area contributed by atoms with Crippen molar-refractivity contribution in [2.45, 2.75) is 13.8 Å². The molecule has 0 aliphatic carbocycles. The Morgan fingerprint density at radius 3 is 2.63 bits per heavy atom. The van der Waals surface area contributed by atoms with E-state index in [1.807, 2.05) is 62.4 Å². The van der Waals surface area contributed by atoms with Gasteiger partial charge in [-0.1, -0.05) is 35.6 Å². The third-order valence-electron chi connectivity index (χ3n) is 4.34. The monoisotopic (exact) mass is 378 g/mol. The van der Waals surface area contributed by atoms with Gasteiger partial charge in [-0.05, 0) is 38.1 Å². The second-order valence-electron chi connectivity index (χ2n) is 6.07. The van der Waals surface area contributed by atoms with Crippen molar-refractivity contribution in [2.75, 3.05) is 12.4 Å². The van der Waals surface area contributed by atoms with Crippen molar-refractivity contribution in [2.24, 2.45) is 0 Å². The van der Waals surface area contributed by atoms with Crippen LogP contribution < -0.4 is 10.1 Å². The second kappa shape index (κ2) is 6.85. The number of carbonyl (C=O) groups is 1. The Kier molecular flexibility index (Phi) is 4.37. The Labute approximate surface area is 160 Å². The van der Waals surface area contributed by atoms with Gasteiger partial charge in [-0.25, -0.2) is 9.67 Å². The molecule has 27 heavy (non-hydrogen) atoms. The summed E-state index contributed by atoms with van der Waals surface area (Å²) in [5.74, 6) is 0.471. The molecule has 0 saturated carbocycles. The maximum Gasteiger partial charge on any atom is 0.261 e. The minimum atomic E-state index is -0.217. The number of fused-ring (bicyclic) bond motifs is 1. The average molecular weight is 378 g/mol. The number of anilines is 1. The van der Waals surface area contributed by atoms with Crippen LogP contribution in [0, 0.1) is 13.8 Å². The van der Waals surface area contributed by atoms with Crippen LogP contribution in [0.1, 0.15) is 21.7 Å². The standard InChI is InChI=1S/C20H18N4O2S/c1-12-17(13(2)24(23-12)14-8-5-4-6-9-14)19(25)22-20-21-18-15(26-3)10-7-11-16(18)27-20/h4-11H,1-3H3,(H,21,22,25). The molecule has 2 aromatic heterocycles. The SMILES string of the molecule is COc1cccc2sc(NC(=O)c3c(C)nn(-c4ccccc4)c3C)nc12. The molecule has 1 N–H and O–H groups in total. The normalized spacial score (nSPS) is 10.9. The van der Waals surface area contributed by atoms with Crippen molar-refractivity contribution in [1.82, 2.24) is 14.8 Å². The predicted octanol–water partition coefficient (Wildman–Crippen LogP) is 4.36. The summed E-state index contributed by atoms with van der Waals surface area (Å²) in [6.07, 6.45) is 0. The van der Waals surface area contributed by atoms with Crippen molar-refractivity contribution < 1.29 is 9.53 Å². The van der Waals surface area contributed by atoms with E-state index in [0.717, 1.165) is 21.6 Å². The molecule has 0 radical (unpaired) electrons. The number of thiazole rings is 1. The van der Waals surface area contributed by atoms with Crippen LogP contribution in [0.15, 0.2) is 48.5 Å². The Balaban J connectivity index is 1.67. The third-order valence-corrected chi connectivity index (χ3v) is 5.28. The number of aryl methyl sites for hydroxylation is 1. The van der Waals surface area contributed by atoms with Gasteiger partial charge in [0.05, 0.1) is 34.4 Å². The van der Waals surface area contributed by atoms with Crippen molar-refractivity contribution in [3.63, 3.8) is 0 Å². The molecule has 0 unspecified atom stereocenters. The number of rotatable bonds is 4. The Bertz CT molecular complexity index is 1130. The number of para-hydroxylation sites is 2. The van der Waals surface area contributed by atoms with Gasteiger partial charge in [-0.3, -0.25) is 10.1 Å². The molecule has 0 atom stereocenters. The van der Waals surface area contributed by atoms with Gasteiger partial charge in [-0.2, -0.15) is 5.10 Å². The number of benzene rings is 2. The molecule has 0 fully saturated rings. The number of nitrogens with one attached hydrogen (secondary N) is 1. The first kappa shape index (κ1) is 17.2. The number of carbonyl (C=O) groups excluding carboxylic acids is 1. The van der Waals surface area contributed by atoms with Crippen LogP contribution in [0.25, 0.3) is 15.9 Å². The molecular weight excluding hydrogens is 360 g/mol. The third kappa shape index (κ3) is 3.06. The van der Waals surface area contributed by atoms with Gasteiger partial charge >= 0.3 is 0 Å². The molecule has 0 spiro atoms. The lowest BCUT2D eigenvalue weighted by Gasteiger charge is -2.05. The average Bonchev–Trinajstić information content (AvgIpc) is 3.21. The highest BCUT2D eigenvalue weighted by Gasteiger charge is 2.21. The molecule has 0 bridgehead atoms. The second-order valence-corrected chi connectivity index (χ2v) is 7.10. The zero-order chi connectivity index (χ0) is 19.0. The zero-order valence-electron chi connectivity index (χ0n) is 15.2. The minimum Gasteiger partial charge on any atom is -0.494 e. The zero-order valence-corrected chi connectivity index (χ0v) is 16.0. The Hall–Kier alpha value is -3.19. The molecule has 7 heteroatoms. The number of ether oxygens (including phenoxy) is 1. The lowest BCUT2D eigenvalue weighted by molar-refractivity contribution is 0.102. The van der Waals surface area contributed by atoms with Crippen molar-refractivity contribution in [3.8, 4) is 11.4 Å². The number of nitrogens with zero attached hydrogens (tertiary/aromatic N) is 3. The number of amides is 1. The van der Waals surface area contributed by atoms with Crippen LogP contribution in [0.3, 0.4) is 0 Å². The van der Waals surface area contributed by atoms with Gasteiger partial charge in [0.25, 0.3) is 5.91 Å². The number of methoxy groups -OCH3 is 1. The lowest BCUT2D eigenvalue weighted by atomic mass is 10.2. The molecular formula is C20H18N4O2S. The fourth-order valence-corrected chi connectivity index (χ4v) is 3.97. The smallest absolute Gasteiger partial charge is 0.261 e. The largest absolute Gasteiger partial charge is 0.494 e. The lowest BCUT2D eigenvalue weighted by Crippen LogP contribution is -2.14. The fraction of sp³-hybridized carbons (Fsp3) is 0.150. The van der Waals surface area contributed by atoms with Gasteiger partial charge < -0.3 is 4.74 Å². The molecule has 1 amide bonds. The molecule has 4 aromatic rings. The van der Waals surface area contributed by atoms with Crippen LogP contribution in [0.5, 0.6) is 5.75 Å². The van der Waals surface area contributed by atoms with Gasteiger partial charge in [0, 0.05) is 0 Å². The number of hydrogen-bond acceptors (Lipinski definition) is 5. The molecule has 0 aliphatic rings. The summed E-state index contributed by atoms with van der Waals surface area (Å²) in [6.45, 7) is 3.73. The molecule has 0 saturated heterocycles.